The van der Waals surface area contributed by atoms with Crippen molar-refractivity contribution in [1.82, 2.24) is 0 Å². The number of carbonyl (C=O) groups excluding carboxylic acids is 2. The van der Waals surface area contributed by atoms with Crippen LogP contribution < -0.4 is 0 Å². The van der Waals surface area contributed by atoms with Crippen molar-refractivity contribution in [3.05, 3.63) is 11.6 Å². The van der Waals surface area contributed by atoms with E-state index >= 15 is 0 Å². The maximum Gasteiger partial charge on any atom is 0.335 e. The summed E-state index contributed by atoms with van der Waals surface area (Å²) >= 11 is 0. The maximum atomic E-state index is 12.4. The Morgan fingerprint density at radius 2 is 2.09 bits per heavy atom. The number of aliphatic hydroxyl groups excluding tert-OH is 1. The molecule has 0 aromatic heterocycles. The lowest BCUT2D eigenvalue weighted by Crippen LogP contribution is -2.54. The van der Waals surface area contributed by atoms with Crippen LogP contribution in [0.3, 0.4) is 0 Å². The second-order valence-corrected chi connectivity index (χ2v) is 7.00. The molecule has 0 bridgehead atoms. The summed E-state index contributed by atoms with van der Waals surface area (Å²) in [5.41, 5.74) is 0.712. The lowest BCUT2D eigenvalue weighted by atomic mass is 9.56. The van der Waals surface area contributed by atoms with E-state index in [1.54, 1.807) is 6.08 Å². The molecule has 3 aliphatic rings. The van der Waals surface area contributed by atoms with Gasteiger partial charge < -0.3 is 19.3 Å². The summed E-state index contributed by atoms with van der Waals surface area (Å²) < 4.78 is 16.4. The van der Waals surface area contributed by atoms with Gasteiger partial charge in [-0.3, -0.25) is 4.79 Å². The summed E-state index contributed by atoms with van der Waals surface area (Å²) in [5.74, 6) is -2.34. The van der Waals surface area contributed by atoms with Crippen LogP contribution in [0.2, 0.25) is 0 Å². The molecule has 2 aliphatic carbocycles. The van der Waals surface area contributed by atoms with Crippen LogP contribution in [0.5, 0.6) is 0 Å². The van der Waals surface area contributed by atoms with Gasteiger partial charge in [0.25, 0.3) is 0 Å². The third-order valence-corrected chi connectivity index (χ3v) is 6.02. The highest BCUT2D eigenvalue weighted by molar-refractivity contribution is 5.97. The second-order valence-electron chi connectivity index (χ2n) is 7.00. The molecule has 1 heterocycles. The summed E-state index contributed by atoms with van der Waals surface area (Å²) in [6.07, 6.45) is 2.03. The van der Waals surface area contributed by atoms with Crippen LogP contribution in [0, 0.1) is 17.3 Å². The number of ketones is 1. The van der Waals surface area contributed by atoms with Crippen LogP contribution in [-0.2, 0) is 23.8 Å². The van der Waals surface area contributed by atoms with Gasteiger partial charge in [0.1, 0.15) is 0 Å². The fraction of sp³-hybridized carbons (Fsp3) is 0.765. The van der Waals surface area contributed by atoms with E-state index in [2.05, 4.69) is 18.6 Å². The van der Waals surface area contributed by atoms with Crippen molar-refractivity contribution in [2.75, 3.05) is 20.3 Å². The van der Waals surface area contributed by atoms with Gasteiger partial charge in [-0.15, -0.1) is 0 Å². The van der Waals surface area contributed by atoms with Crippen LogP contribution in [0.1, 0.15) is 33.1 Å². The topological polar surface area (TPSA) is 82.1 Å². The number of esters is 1. The van der Waals surface area contributed by atoms with Crippen molar-refractivity contribution in [2.45, 2.75) is 45.0 Å². The number of carbonyl (C=O) groups is 2. The van der Waals surface area contributed by atoms with E-state index in [0.717, 1.165) is 18.4 Å². The molecule has 1 aliphatic heterocycles. The Labute approximate surface area is 135 Å². The van der Waals surface area contributed by atoms with Gasteiger partial charge in [0.15, 0.2) is 17.7 Å². The normalized spacial score (nSPS) is 37.2. The van der Waals surface area contributed by atoms with Crippen LogP contribution in [0.15, 0.2) is 11.6 Å². The number of aliphatic hydroxyl groups is 1. The first-order chi connectivity index (χ1) is 10.8. The summed E-state index contributed by atoms with van der Waals surface area (Å²) in [4.78, 5) is 24.0. The first kappa shape index (κ1) is 16.6. The van der Waals surface area contributed by atoms with E-state index in [9.17, 15) is 14.7 Å². The molecule has 1 N–H and O–H groups in total. The molecular weight excluding hydrogens is 300 g/mol. The molecule has 4 atom stereocenters. The van der Waals surface area contributed by atoms with Crippen molar-refractivity contribution in [3.63, 3.8) is 0 Å². The average molecular weight is 324 g/mol. The number of fused-ring (bicyclic) bond motifs is 1. The summed E-state index contributed by atoms with van der Waals surface area (Å²) in [5, 5.41) is 10.2. The number of hydrogen-bond donors (Lipinski definition) is 1. The molecule has 3 rings (SSSR count). The maximum absolute atomic E-state index is 12.4. The van der Waals surface area contributed by atoms with E-state index in [1.807, 2.05) is 0 Å². The summed E-state index contributed by atoms with van der Waals surface area (Å²) in [6, 6.07) is 0. The molecule has 23 heavy (non-hydrogen) atoms. The largest absolute Gasteiger partial charge is 0.467 e. The number of ether oxygens (including phenoxy) is 3. The third-order valence-electron chi connectivity index (χ3n) is 6.02. The number of rotatable bonds is 2. The fourth-order valence-corrected chi connectivity index (χ4v) is 4.37. The van der Waals surface area contributed by atoms with Gasteiger partial charge in [-0.1, -0.05) is 19.4 Å². The molecule has 6 nitrogen and oxygen atoms in total. The molecule has 0 amide bonds. The Kier molecular flexibility index (Phi) is 4.11. The Morgan fingerprint density at radius 3 is 2.70 bits per heavy atom. The van der Waals surface area contributed by atoms with E-state index in [1.165, 1.54) is 7.11 Å². The van der Waals surface area contributed by atoms with Crippen LogP contribution in [0.25, 0.3) is 0 Å². The minimum atomic E-state index is -1.43. The SMILES string of the molecule is COC(=O)C(O)[C@@H]1C[C@@]2(C)C(=CC1=O)CCC1(OCCO1)[C@@H]2C. The molecule has 0 aromatic carbocycles. The summed E-state index contributed by atoms with van der Waals surface area (Å²) in [6.45, 7) is 5.29. The summed E-state index contributed by atoms with van der Waals surface area (Å²) in [7, 11) is 1.21. The predicted octanol–water partition coefficient (Wildman–Crippen LogP) is 1.21. The van der Waals surface area contributed by atoms with Crippen LogP contribution in [-0.4, -0.2) is 49.1 Å². The molecule has 1 saturated carbocycles. The highest BCUT2D eigenvalue weighted by atomic mass is 16.7. The molecule has 128 valence electrons. The number of allylic oxidation sites excluding steroid dienone is 2. The highest BCUT2D eigenvalue weighted by Crippen LogP contribution is 2.57. The zero-order valence-electron chi connectivity index (χ0n) is 13.8. The van der Waals surface area contributed by atoms with Crippen LogP contribution in [0.4, 0.5) is 0 Å². The van der Waals surface area contributed by atoms with Gasteiger partial charge in [0.05, 0.1) is 26.2 Å². The lowest BCUT2D eigenvalue weighted by molar-refractivity contribution is -0.230. The van der Waals surface area contributed by atoms with Crippen LogP contribution >= 0.6 is 0 Å². The van der Waals surface area contributed by atoms with E-state index < -0.39 is 23.8 Å². The predicted molar refractivity (Wildman–Crippen MR) is 80.4 cm³/mol. The second kappa shape index (κ2) is 5.69. The Bertz CT molecular complexity index is 547. The van der Waals surface area contributed by atoms with Gasteiger partial charge >= 0.3 is 5.97 Å². The Hall–Kier alpha value is -1.24. The highest BCUT2D eigenvalue weighted by Gasteiger charge is 2.57. The minimum absolute atomic E-state index is 0.0259. The molecule has 1 spiro atoms. The average Bonchev–Trinajstić information content (AvgIpc) is 3.01. The molecule has 0 radical (unpaired) electrons. The van der Waals surface area contributed by atoms with Crippen molar-refractivity contribution in [3.8, 4) is 0 Å². The number of hydrogen-bond acceptors (Lipinski definition) is 6. The lowest BCUT2D eigenvalue weighted by Gasteiger charge is -2.53. The standard InChI is InChI=1S/C17H24O6/c1-10-16(2)9-12(14(19)15(20)21-3)13(18)8-11(16)4-5-17(10)22-6-7-23-17/h8,10,12,14,19H,4-7,9H2,1-3H3/t10-,12-,14?,16-/m1/s1. The molecule has 6 heteroatoms. The van der Waals surface area contributed by atoms with Gasteiger partial charge in [-0.2, -0.15) is 0 Å². The van der Waals surface area contributed by atoms with Crippen molar-refractivity contribution < 1.29 is 28.9 Å². The van der Waals surface area contributed by atoms with Crippen molar-refractivity contribution in [1.29, 1.82) is 0 Å². The smallest absolute Gasteiger partial charge is 0.335 e. The minimum Gasteiger partial charge on any atom is -0.467 e. The zero-order valence-corrected chi connectivity index (χ0v) is 13.8. The number of methoxy groups -OCH3 is 1. The van der Waals surface area contributed by atoms with Gasteiger partial charge in [0, 0.05) is 12.3 Å². The monoisotopic (exact) mass is 324 g/mol. The van der Waals surface area contributed by atoms with Gasteiger partial charge in [0.2, 0.25) is 0 Å². The molecule has 1 unspecified atom stereocenters. The molecule has 1 saturated heterocycles. The zero-order chi connectivity index (χ0) is 16.8. The Morgan fingerprint density at radius 1 is 1.43 bits per heavy atom. The molecule has 0 aromatic rings. The van der Waals surface area contributed by atoms with Gasteiger partial charge in [-0.25, -0.2) is 4.79 Å². The molecule has 2 fully saturated rings. The van der Waals surface area contributed by atoms with E-state index in [-0.39, 0.29) is 17.1 Å². The fourth-order valence-electron chi connectivity index (χ4n) is 4.37. The molecular formula is C17H24O6. The first-order valence-electron chi connectivity index (χ1n) is 8.13. The Balaban J connectivity index is 1.92. The van der Waals surface area contributed by atoms with Gasteiger partial charge in [-0.05, 0) is 24.3 Å². The van der Waals surface area contributed by atoms with Crippen molar-refractivity contribution in [2.24, 2.45) is 17.3 Å². The van der Waals surface area contributed by atoms with E-state index in [0.29, 0.717) is 19.6 Å². The van der Waals surface area contributed by atoms with E-state index in [4.69, 9.17) is 9.47 Å². The van der Waals surface area contributed by atoms with Crippen molar-refractivity contribution >= 4 is 11.8 Å². The quantitative estimate of drug-likeness (QED) is 0.769. The first-order valence-corrected chi connectivity index (χ1v) is 8.13. The third kappa shape index (κ3) is 2.44.